The molecule has 2 aromatic rings. The van der Waals surface area contributed by atoms with Gasteiger partial charge in [-0.15, -0.1) is 0 Å². The average molecular weight is 419 g/mol. The summed E-state index contributed by atoms with van der Waals surface area (Å²) < 4.78 is 9.53. The van der Waals surface area contributed by atoms with Gasteiger partial charge in [0, 0.05) is 63.3 Å². The second-order valence-electron chi connectivity index (χ2n) is 6.80. The Morgan fingerprint density at radius 3 is 2.69 bits per heavy atom. The van der Waals surface area contributed by atoms with Crippen molar-refractivity contribution < 1.29 is 9.84 Å². The van der Waals surface area contributed by atoms with Crippen molar-refractivity contribution in [2.75, 3.05) is 51.3 Å². The van der Waals surface area contributed by atoms with Gasteiger partial charge in [0.1, 0.15) is 17.3 Å². The molecule has 3 rings (SSSR count). The zero-order valence-corrected chi connectivity index (χ0v) is 18.2. The van der Waals surface area contributed by atoms with Crippen molar-refractivity contribution in [3.8, 4) is 11.5 Å². The monoisotopic (exact) mass is 418 g/mol. The van der Waals surface area contributed by atoms with Crippen LogP contribution in [0.25, 0.3) is 0 Å². The molecule has 1 fully saturated rings. The maximum atomic E-state index is 10.1. The lowest BCUT2D eigenvalue weighted by molar-refractivity contribution is 0.372. The smallest absolute Gasteiger partial charge is 0.205 e. The van der Waals surface area contributed by atoms with Gasteiger partial charge in [-0.3, -0.25) is 4.99 Å². The van der Waals surface area contributed by atoms with E-state index in [1.807, 2.05) is 12.1 Å². The molecule has 0 radical (unpaired) electrons. The molecule has 2 heterocycles. The highest BCUT2D eigenvalue weighted by Gasteiger charge is 2.22. The molecule has 29 heavy (non-hydrogen) atoms. The summed E-state index contributed by atoms with van der Waals surface area (Å²) in [5, 5.41) is 14.5. The summed E-state index contributed by atoms with van der Waals surface area (Å²) in [4.78, 5) is 14.0. The standard InChI is InChI=1S/C20H30N6O2S/c1-4-18-23-20(29-24-18)26-12-10-25(11-13-26)19(21-5-2)22-9-8-15-6-7-16(28-3)14-17(15)27/h6-7,14,27H,4-5,8-13H2,1-3H3,(H,21,22). The van der Waals surface area contributed by atoms with Gasteiger partial charge in [-0.2, -0.15) is 4.37 Å². The van der Waals surface area contributed by atoms with Gasteiger partial charge in [0.2, 0.25) is 5.13 Å². The van der Waals surface area contributed by atoms with Crippen molar-refractivity contribution in [1.29, 1.82) is 0 Å². The molecular weight excluding hydrogens is 388 g/mol. The highest BCUT2D eigenvalue weighted by atomic mass is 32.1. The first-order chi connectivity index (χ1) is 14.1. The Hall–Kier alpha value is -2.55. The second-order valence-corrected chi connectivity index (χ2v) is 7.53. The fraction of sp³-hybridized carbons (Fsp3) is 0.550. The summed E-state index contributed by atoms with van der Waals surface area (Å²) in [7, 11) is 1.59. The summed E-state index contributed by atoms with van der Waals surface area (Å²) >= 11 is 1.48. The maximum Gasteiger partial charge on any atom is 0.205 e. The fourth-order valence-corrected chi connectivity index (χ4v) is 4.02. The fourth-order valence-electron chi connectivity index (χ4n) is 3.22. The van der Waals surface area contributed by atoms with Gasteiger partial charge in [0.15, 0.2) is 5.96 Å². The number of aromatic hydroxyl groups is 1. The molecule has 1 aliphatic heterocycles. The molecule has 1 aromatic heterocycles. The van der Waals surface area contributed by atoms with Crippen LogP contribution in [0.5, 0.6) is 11.5 Å². The first-order valence-electron chi connectivity index (χ1n) is 10.1. The molecule has 9 heteroatoms. The molecule has 0 unspecified atom stereocenters. The van der Waals surface area contributed by atoms with E-state index >= 15 is 0 Å². The van der Waals surface area contributed by atoms with Crippen molar-refractivity contribution in [2.24, 2.45) is 4.99 Å². The molecule has 0 amide bonds. The van der Waals surface area contributed by atoms with Gasteiger partial charge in [-0.05, 0) is 25.0 Å². The number of hydrogen-bond donors (Lipinski definition) is 2. The van der Waals surface area contributed by atoms with Crippen molar-refractivity contribution in [1.82, 2.24) is 19.6 Å². The molecule has 0 bridgehead atoms. The Morgan fingerprint density at radius 1 is 1.28 bits per heavy atom. The highest BCUT2D eigenvalue weighted by molar-refractivity contribution is 7.09. The van der Waals surface area contributed by atoms with Gasteiger partial charge in [0.25, 0.3) is 0 Å². The van der Waals surface area contributed by atoms with E-state index in [-0.39, 0.29) is 5.75 Å². The number of benzene rings is 1. The van der Waals surface area contributed by atoms with E-state index in [1.165, 1.54) is 11.5 Å². The third-order valence-electron chi connectivity index (χ3n) is 4.89. The predicted octanol–water partition coefficient (Wildman–Crippen LogP) is 2.14. The average Bonchev–Trinajstić information content (AvgIpc) is 3.23. The Kier molecular flexibility index (Phi) is 7.51. The Balaban J connectivity index is 1.56. The number of hydrogen-bond acceptors (Lipinski definition) is 7. The van der Waals surface area contributed by atoms with E-state index in [2.05, 4.69) is 38.3 Å². The number of aliphatic imine (C=N–C) groups is 1. The molecule has 0 spiro atoms. The lowest BCUT2D eigenvalue weighted by atomic mass is 10.1. The summed E-state index contributed by atoms with van der Waals surface area (Å²) in [6.07, 6.45) is 1.55. The van der Waals surface area contributed by atoms with Crippen LogP contribution in [-0.4, -0.2) is 71.7 Å². The van der Waals surface area contributed by atoms with Gasteiger partial charge < -0.3 is 25.0 Å². The lowest BCUT2D eigenvalue weighted by Gasteiger charge is -2.36. The Labute approximate surface area is 176 Å². The number of anilines is 1. The van der Waals surface area contributed by atoms with Gasteiger partial charge >= 0.3 is 0 Å². The minimum Gasteiger partial charge on any atom is -0.508 e. The molecule has 1 saturated heterocycles. The summed E-state index contributed by atoms with van der Waals surface area (Å²) in [6.45, 7) is 9.18. The maximum absolute atomic E-state index is 10.1. The first kappa shape index (κ1) is 21.2. The largest absolute Gasteiger partial charge is 0.508 e. The molecule has 0 atom stereocenters. The number of aryl methyl sites for hydroxylation is 1. The highest BCUT2D eigenvalue weighted by Crippen LogP contribution is 2.24. The van der Waals surface area contributed by atoms with Gasteiger partial charge in [-0.1, -0.05) is 13.0 Å². The number of guanidine groups is 1. The van der Waals surface area contributed by atoms with E-state index in [9.17, 15) is 5.11 Å². The molecule has 8 nitrogen and oxygen atoms in total. The van der Waals surface area contributed by atoms with Crippen LogP contribution in [-0.2, 0) is 12.8 Å². The quantitative estimate of drug-likeness (QED) is 0.526. The molecule has 1 aliphatic rings. The number of piperazine rings is 1. The second kappa shape index (κ2) is 10.3. The normalized spacial score (nSPS) is 14.9. The first-order valence-corrected chi connectivity index (χ1v) is 10.9. The Bertz CT molecular complexity index is 817. The zero-order chi connectivity index (χ0) is 20.6. The zero-order valence-electron chi connectivity index (χ0n) is 17.4. The van der Waals surface area contributed by atoms with Crippen LogP contribution < -0.4 is 15.0 Å². The number of ether oxygens (including phenoxy) is 1. The number of phenolic OH excluding ortho intramolecular Hbond substituents is 1. The minimum atomic E-state index is 0.252. The molecule has 1 aromatic carbocycles. The predicted molar refractivity (Wildman–Crippen MR) is 117 cm³/mol. The summed E-state index contributed by atoms with van der Waals surface area (Å²) in [5.74, 6) is 2.75. The number of nitrogens with zero attached hydrogens (tertiary/aromatic N) is 5. The van der Waals surface area contributed by atoms with Crippen molar-refractivity contribution in [3.05, 3.63) is 29.6 Å². The third kappa shape index (κ3) is 5.50. The third-order valence-corrected chi connectivity index (χ3v) is 5.71. The topological polar surface area (TPSA) is 86.1 Å². The van der Waals surface area contributed by atoms with E-state index < -0.39 is 0 Å². The van der Waals surface area contributed by atoms with Crippen LogP contribution in [0.15, 0.2) is 23.2 Å². The number of methoxy groups -OCH3 is 1. The summed E-state index contributed by atoms with van der Waals surface area (Å²) in [5.41, 5.74) is 0.873. The molecule has 2 N–H and O–H groups in total. The van der Waals surface area contributed by atoms with Crippen molar-refractivity contribution in [3.63, 3.8) is 0 Å². The van der Waals surface area contributed by atoms with E-state index in [1.54, 1.807) is 13.2 Å². The van der Waals surface area contributed by atoms with Crippen LogP contribution >= 0.6 is 11.5 Å². The number of aromatic nitrogens is 2. The van der Waals surface area contributed by atoms with E-state index in [4.69, 9.17) is 9.73 Å². The number of phenols is 1. The summed E-state index contributed by atoms with van der Waals surface area (Å²) in [6, 6.07) is 5.39. The number of nitrogens with one attached hydrogen (secondary N) is 1. The molecule has 0 aliphatic carbocycles. The molecular formula is C20H30N6O2S. The molecule has 158 valence electrons. The van der Waals surface area contributed by atoms with Crippen LogP contribution in [0.4, 0.5) is 5.13 Å². The number of rotatable bonds is 7. The van der Waals surface area contributed by atoms with E-state index in [0.717, 1.165) is 61.6 Å². The van der Waals surface area contributed by atoms with Crippen LogP contribution in [0, 0.1) is 0 Å². The molecule has 0 saturated carbocycles. The van der Waals surface area contributed by atoms with Crippen LogP contribution in [0.2, 0.25) is 0 Å². The van der Waals surface area contributed by atoms with Crippen LogP contribution in [0.1, 0.15) is 25.2 Å². The van der Waals surface area contributed by atoms with Crippen LogP contribution in [0.3, 0.4) is 0 Å². The van der Waals surface area contributed by atoms with Crippen molar-refractivity contribution in [2.45, 2.75) is 26.7 Å². The SMILES string of the molecule is CCNC(=NCCc1ccc(OC)cc1O)N1CCN(c2nc(CC)ns2)CC1. The van der Waals surface area contributed by atoms with Gasteiger partial charge in [0.05, 0.1) is 7.11 Å². The Morgan fingerprint density at radius 2 is 2.07 bits per heavy atom. The van der Waals surface area contributed by atoms with Gasteiger partial charge in [-0.25, -0.2) is 4.98 Å². The van der Waals surface area contributed by atoms with Crippen molar-refractivity contribution >= 4 is 22.6 Å². The lowest BCUT2D eigenvalue weighted by Crippen LogP contribution is -2.52. The van der Waals surface area contributed by atoms with E-state index in [0.29, 0.717) is 18.7 Å². The minimum absolute atomic E-state index is 0.252.